The molecule has 0 spiro atoms. The molecule has 1 heterocycles. The number of aliphatic hydroxyl groups is 1. The maximum atomic E-state index is 12.7. The van der Waals surface area contributed by atoms with E-state index >= 15 is 0 Å². The van der Waals surface area contributed by atoms with Gasteiger partial charge in [0.15, 0.2) is 0 Å². The van der Waals surface area contributed by atoms with Crippen molar-refractivity contribution < 1.29 is 9.90 Å². The molecular weight excluding hydrogens is 316 g/mol. The molecule has 1 aromatic heterocycles. The number of nitrogens with one attached hydrogen (secondary N) is 1. The number of urea groups is 1. The van der Waals surface area contributed by atoms with Crippen LogP contribution in [0, 0.1) is 0 Å². The van der Waals surface area contributed by atoms with Crippen LogP contribution in [-0.2, 0) is 26.6 Å². The van der Waals surface area contributed by atoms with Gasteiger partial charge in [-0.3, -0.25) is 4.68 Å². The van der Waals surface area contributed by atoms with Gasteiger partial charge in [0, 0.05) is 31.9 Å². The van der Waals surface area contributed by atoms with Crippen LogP contribution in [0.15, 0.2) is 36.5 Å². The first-order valence-electron chi connectivity index (χ1n) is 8.59. The van der Waals surface area contributed by atoms with Crippen molar-refractivity contribution in [1.82, 2.24) is 20.0 Å². The highest BCUT2D eigenvalue weighted by molar-refractivity contribution is 5.74. The zero-order valence-corrected chi connectivity index (χ0v) is 15.5. The highest BCUT2D eigenvalue weighted by Crippen LogP contribution is 2.12. The first kappa shape index (κ1) is 19.0. The number of carbonyl (C=O) groups is 1. The van der Waals surface area contributed by atoms with E-state index in [1.54, 1.807) is 23.4 Å². The Morgan fingerprint density at radius 3 is 2.60 bits per heavy atom. The second kappa shape index (κ2) is 8.16. The Bertz CT molecular complexity index is 689. The van der Waals surface area contributed by atoms with Crippen LogP contribution >= 0.6 is 0 Å². The quantitative estimate of drug-likeness (QED) is 0.810. The number of aromatic nitrogens is 2. The number of hydrogen-bond donors (Lipinski definition) is 2. The van der Waals surface area contributed by atoms with E-state index in [1.807, 2.05) is 50.5 Å². The standard InChI is InChI=1S/C19H28N4O2/c1-5-17-16(13-22(4)21-17)11-20-18(24)23(14-19(2,3)25)12-15-9-7-6-8-10-15/h6-10,13,25H,5,11-12,14H2,1-4H3,(H,20,24). The van der Waals surface area contributed by atoms with E-state index in [1.165, 1.54) is 0 Å². The molecule has 0 radical (unpaired) electrons. The van der Waals surface area contributed by atoms with Crippen LogP contribution in [0.1, 0.15) is 37.6 Å². The number of carbonyl (C=O) groups excluding carboxylic acids is 1. The number of aryl methyl sites for hydroxylation is 2. The van der Waals surface area contributed by atoms with Crippen LogP contribution in [-0.4, -0.2) is 38.0 Å². The van der Waals surface area contributed by atoms with Gasteiger partial charge < -0.3 is 15.3 Å². The SMILES string of the molecule is CCc1nn(C)cc1CNC(=O)N(Cc1ccccc1)CC(C)(C)O. The molecule has 0 aliphatic heterocycles. The molecule has 2 rings (SSSR count). The van der Waals surface area contributed by atoms with Gasteiger partial charge in [0.2, 0.25) is 0 Å². The average Bonchev–Trinajstić information content (AvgIpc) is 2.91. The Balaban J connectivity index is 2.06. The van der Waals surface area contributed by atoms with Gasteiger partial charge >= 0.3 is 6.03 Å². The van der Waals surface area contributed by atoms with Crippen molar-refractivity contribution in [3.05, 3.63) is 53.3 Å². The van der Waals surface area contributed by atoms with Crippen LogP contribution in [0.5, 0.6) is 0 Å². The highest BCUT2D eigenvalue weighted by atomic mass is 16.3. The largest absolute Gasteiger partial charge is 0.389 e. The Morgan fingerprint density at radius 1 is 1.32 bits per heavy atom. The molecule has 0 fully saturated rings. The summed E-state index contributed by atoms with van der Waals surface area (Å²) in [5.41, 5.74) is 2.06. The molecule has 0 saturated carbocycles. The molecule has 0 atom stereocenters. The van der Waals surface area contributed by atoms with E-state index in [2.05, 4.69) is 10.4 Å². The molecule has 136 valence electrons. The van der Waals surface area contributed by atoms with Crippen molar-refractivity contribution in [2.75, 3.05) is 6.54 Å². The van der Waals surface area contributed by atoms with E-state index in [4.69, 9.17) is 0 Å². The number of nitrogens with zero attached hydrogens (tertiary/aromatic N) is 3. The lowest BCUT2D eigenvalue weighted by Crippen LogP contribution is -2.46. The first-order chi connectivity index (χ1) is 11.8. The summed E-state index contributed by atoms with van der Waals surface area (Å²) < 4.78 is 1.76. The van der Waals surface area contributed by atoms with Crippen molar-refractivity contribution in [2.24, 2.45) is 7.05 Å². The molecular formula is C19H28N4O2. The van der Waals surface area contributed by atoms with Crippen LogP contribution in [0.2, 0.25) is 0 Å². The predicted octanol–water partition coefficient (Wildman–Crippen LogP) is 2.47. The Hall–Kier alpha value is -2.34. The lowest BCUT2D eigenvalue weighted by molar-refractivity contribution is 0.0446. The smallest absolute Gasteiger partial charge is 0.318 e. The average molecular weight is 344 g/mol. The fourth-order valence-corrected chi connectivity index (χ4v) is 2.78. The zero-order chi connectivity index (χ0) is 18.4. The Labute approximate surface area is 149 Å². The van der Waals surface area contributed by atoms with Gasteiger partial charge in [-0.15, -0.1) is 0 Å². The molecule has 25 heavy (non-hydrogen) atoms. The van der Waals surface area contributed by atoms with Crippen LogP contribution in [0.25, 0.3) is 0 Å². The fraction of sp³-hybridized carbons (Fsp3) is 0.474. The number of benzene rings is 1. The van der Waals surface area contributed by atoms with Crippen molar-refractivity contribution in [1.29, 1.82) is 0 Å². The summed E-state index contributed by atoms with van der Waals surface area (Å²) in [7, 11) is 1.88. The van der Waals surface area contributed by atoms with E-state index < -0.39 is 5.60 Å². The molecule has 6 nitrogen and oxygen atoms in total. The fourth-order valence-electron chi connectivity index (χ4n) is 2.78. The summed E-state index contributed by atoms with van der Waals surface area (Å²) in [4.78, 5) is 14.3. The maximum Gasteiger partial charge on any atom is 0.318 e. The number of rotatable bonds is 7. The van der Waals surface area contributed by atoms with Crippen molar-refractivity contribution in [3.63, 3.8) is 0 Å². The Kier molecular flexibility index (Phi) is 6.20. The third kappa shape index (κ3) is 5.90. The summed E-state index contributed by atoms with van der Waals surface area (Å²) in [6.07, 6.45) is 2.75. The second-order valence-corrected chi connectivity index (χ2v) is 6.94. The van der Waals surface area contributed by atoms with E-state index in [0.717, 1.165) is 23.2 Å². The minimum Gasteiger partial charge on any atom is -0.389 e. The Morgan fingerprint density at radius 2 is 2.00 bits per heavy atom. The predicted molar refractivity (Wildman–Crippen MR) is 98.0 cm³/mol. The first-order valence-corrected chi connectivity index (χ1v) is 8.59. The minimum absolute atomic E-state index is 0.197. The summed E-state index contributed by atoms with van der Waals surface area (Å²) in [5.74, 6) is 0. The molecule has 0 bridgehead atoms. The van der Waals surface area contributed by atoms with Crippen LogP contribution in [0.4, 0.5) is 4.79 Å². The molecule has 2 amide bonds. The van der Waals surface area contributed by atoms with Gasteiger partial charge in [-0.2, -0.15) is 5.10 Å². The van der Waals surface area contributed by atoms with Gasteiger partial charge in [-0.1, -0.05) is 37.3 Å². The highest BCUT2D eigenvalue weighted by Gasteiger charge is 2.23. The third-order valence-electron chi connectivity index (χ3n) is 3.84. The van der Waals surface area contributed by atoms with E-state index in [0.29, 0.717) is 13.1 Å². The van der Waals surface area contributed by atoms with Crippen molar-refractivity contribution in [2.45, 2.75) is 45.9 Å². The molecule has 2 aromatic rings. The summed E-state index contributed by atoms with van der Waals surface area (Å²) in [6.45, 7) is 6.57. The van der Waals surface area contributed by atoms with E-state index in [9.17, 15) is 9.90 Å². The van der Waals surface area contributed by atoms with Gasteiger partial charge in [-0.05, 0) is 25.8 Å². The normalized spacial score (nSPS) is 11.4. The molecule has 6 heteroatoms. The van der Waals surface area contributed by atoms with Crippen LogP contribution < -0.4 is 5.32 Å². The van der Waals surface area contributed by atoms with E-state index in [-0.39, 0.29) is 12.6 Å². The van der Waals surface area contributed by atoms with Gasteiger partial charge in [0.05, 0.1) is 17.8 Å². The third-order valence-corrected chi connectivity index (χ3v) is 3.84. The second-order valence-electron chi connectivity index (χ2n) is 6.94. The maximum absolute atomic E-state index is 12.7. The monoisotopic (exact) mass is 344 g/mol. The molecule has 2 N–H and O–H groups in total. The number of amides is 2. The van der Waals surface area contributed by atoms with Crippen molar-refractivity contribution in [3.8, 4) is 0 Å². The van der Waals surface area contributed by atoms with Gasteiger partial charge in [0.1, 0.15) is 0 Å². The molecule has 1 aromatic carbocycles. The topological polar surface area (TPSA) is 70.4 Å². The lowest BCUT2D eigenvalue weighted by Gasteiger charge is -2.29. The zero-order valence-electron chi connectivity index (χ0n) is 15.5. The molecule has 0 aliphatic carbocycles. The van der Waals surface area contributed by atoms with Gasteiger partial charge in [-0.25, -0.2) is 4.79 Å². The van der Waals surface area contributed by atoms with Crippen molar-refractivity contribution >= 4 is 6.03 Å². The summed E-state index contributed by atoms with van der Waals surface area (Å²) in [5, 5.41) is 17.5. The summed E-state index contributed by atoms with van der Waals surface area (Å²) >= 11 is 0. The van der Waals surface area contributed by atoms with Gasteiger partial charge in [0.25, 0.3) is 0 Å². The number of hydrogen-bond acceptors (Lipinski definition) is 3. The minimum atomic E-state index is -0.963. The van der Waals surface area contributed by atoms with Crippen LogP contribution in [0.3, 0.4) is 0 Å². The lowest BCUT2D eigenvalue weighted by atomic mass is 10.1. The summed E-state index contributed by atoms with van der Waals surface area (Å²) in [6, 6.07) is 9.58. The molecule has 0 aliphatic rings. The molecule has 0 saturated heterocycles. The molecule has 0 unspecified atom stereocenters.